The first kappa shape index (κ1) is 26.0. The molecule has 0 saturated heterocycles. The highest BCUT2D eigenvalue weighted by Gasteiger charge is 2.33. The zero-order chi connectivity index (χ0) is 24.8. The fourth-order valence-corrected chi connectivity index (χ4v) is 4.21. The van der Waals surface area contributed by atoms with E-state index < -0.39 is 0 Å². The van der Waals surface area contributed by atoms with E-state index in [2.05, 4.69) is 5.32 Å². The Kier molecular flexibility index (Phi) is 8.90. The van der Waals surface area contributed by atoms with E-state index in [1.54, 1.807) is 37.3 Å². The van der Waals surface area contributed by atoms with E-state index in [0.717, 1.165) is 12.8 Å². The molecule has 2 aliphatic rings. The van der Waals surface area contributed by atoms with E-state index in [4.69, 9.17) is 14.2 Å². The van der Waals surface area contributed by atoms with E-state index in [1.807, 2.05) is 18.7 Å². The van der Waals surface area contributed by atoms with Gasteiger partial charge in [0.25, 0.3) is 5.91 Å². The number of benzene rings is 1. The second kappa shape index (κ2) is 11.7. The second-order valence-electron chi connectivity index (χ2n) is 9.48. The van der Waals surface area contributed by atoms with Crippen molar-refractivity contribution in [2.24, 2.45) is 11.8 Å². The van der Waals surface area contributed by atoms with Crippen LogP contribution in [0.2, 0.25) is 0 Å². The van der Waals surface area contributed by atoms with E-state index in [1.165, 1.54) is 7.11 Å². The van der Waals surface area contributed by atoms with Gasteiger partial charge in [0.1, 0.15) is 19.0 Å². The number of rotatable bonds is 6. The van der Waals surface area contributed by atoms with Gasteiger partial charge >= 0.3 is 0 Å². The van der Waals surface area contributed by atoms with Crippen molar-refractivity contribution in [2.45, 2.75) is 45.3 Å². The Labute approximate surface area is 201 Å². The summed E-state index contributed by atoms with van der Waals surface area (Å²) in [6.07, 6.45) is 2.55. The molecule has 0 unspecified atom stereocenters. The molecule has 0 radical (unpaired) electrons. The molecule has 1 N–H and O–H groups in total. The number of hydrogen-bond donors (Lipinski definition) is 1. The maximum absolute atomic E-state index is 13.3. The van der Waals surface area contributed by atoms with Crippen molar-refractivity contribution in [1.29, 1.82) is 0 Å². The van der Waals surface area contributed by atoms with Crippen LogP contribution in [0.1, 0.15) is 43.5 Å². The molecule has 9 nitrogen and oxygen atoms in total. The summed E-state index contributed by atoms with van der Waals surface area (Å²) in [7, 11) is 4.81. The molecule has 0 bridgehead atoms. The number of ether oxygens (including phenoxy) is 3. The lowest BCUT2D eigenvalue weighted by Crippen LogP contribution is -2.48. The molecule has 1 aliphatic carbocycles. The maximum Gasteiger partial charge on any atom is 0.257 e. The van der Waals surface area contributed by atoms with E-state index in [-0.39, 0.29) is 49.0 Å². The number of fused-ring (bicyclic) bond motifs is 1. The van der Waals surface area contributed by atoms with Crippen LogP contribution in [0.5, 0.6) is 5.75 Å². The molecular formula is C25H37N3O6. The summed E-state index contributed by atoms with van der Waals surface area (Å²) < 4.78 is 16.7. The zero-order valence-corrected chi connectivity index (χ0v) is 20.8. The van der Waals surface area contributed by atoms with Crippen molar-refractivity contribution in [1.82, 2.24) is 9.80 Å². The number of carbonyl (C=O) groups is 3. The van der Waals surface area contributed by atoms with Crippen LogP contribution in [0.3, 0.4) is 0 Å². The van der Waals surface area contributed by atoms with Gasteiger partial charge in [-0.15, -0.1) is 0 Å². The van der Waals surface area contributed by atoms with Gasteiger partial charge in [0.05, 0.1) is 17.7 Å². The van der Waals surface area contributed by atoms with E-state index >= 15 is 0 Å². The maximum atomic E-state index is 13.3. The predicted octanol–water partition coefficient (Wildman–Crippen LogP) is 2.40. The largest absolute Gasteiger partial charge is 0.491 e. The highest BCUT2D eigenvalue weighted by Crippen LogP contribution is 2.33. The summed E-state index contributed by atoms with van der Waals surface area (Å²) in [5.41, 5.74) is 0.888. The summed E-state index contributed by atoms with van der Waals surface area (Å²) in [5, 5.41) is 2.74. The van der Waals surface area contributed by atoms with Gasteiger partial charge in [0.2, 0.25) is 11.8 Å². The highest BCUT2D eigenvalue weighted by molar-refractivity contribution is 5.98. The molecule has 34 heavy (non-hydrogen) atoms. The Morgan fingerprint density at radius 1 is 1.18 bits per heavy atom. The lowest BCUT2D eigenvalue weighted by molar-refractivity contribution is -0.135. The number of methoxy groups -OCH3 is 2. The number of hydrogen-bond acceptors (Lipinski definition) is 6. The van der Waals surface area contributed by atoms with Gasteiger partial charge in [0, 0.05) is 58.4 Å². The van der Waals surface area contributed by atoms with Crippen LogP contribution in [-0.2, 0) is 19.1 Å². The van der Waals surface area contributed by atoms with Crippen LogP contribution >= 0.6 is 0 Å². The number of likely N-dealkylation sites (N-methyl/N-ethyl adjacent to an activating group) is 1. The molecule has 1 heterocycles. The minimum atomic E-state index is -0.304. The Balaban J connectivity index is 1.91. The fourth-order valence-electron chi connectivity index (χ4n) is 4.21. The Morgan fingerprint density at radius 2 is 1.91 bits per heavy atom. The summed E-state index contributed by atoms with van der Waals surface area (Å²) in [4.78, 5) is 41.8. The van der Waals surface area contributed by atoms with Gasteiger partial charge in [-0.2, -0.15) is 0 Å². The first-order valence-electron chi connectivity index (χ1n) is 11.9. The molecule has 9 heteroatoms. The molecule has 1 saturated carbocycles. The third kappa shape index (κ3) is 6.70. The molecule has 188 valence electrons. The molecule has 0 spiro atoms. The molecule has 1 aliphatic heterocycles. The standard InChI is InChI=1S/C25H37N3O6/c1-16-12-28(24(30)10-18-6-7-18)17(2)14-34-21-11-19(26-23(29)15-32-4)8-9-20(21)25(31)27(3)13-22(16)33-5/h8-9,11,16-18,22H,6-7,10,12-15H2,1-5H3,(H,26,29)/t16-,17-,22-/m1/s1. The van der Waals surface area contributed by atoms with Crippen LogP contribution in [0, 0.1) is 11.8 Å². The van der Waals surface area contributed by atoms with Gasteiger partial charge < -0.3 is 29.3 Å². The van der Waals surface area contributed by atoms with Crippen LogP contribution in [0.15, 0.2) is 18.2 Å². The zero-order valence-electron chi connectivity index (χ0n) is 20.8. The number of carbonyl (C=O) groups excluding carboxylic acids is 3. The quantitative estimate of drug-likeness (QED) is 0.679. The van der Waals surface area contributed by atoms with Crippen LogP contribution in [0.4, 0.5) is 5.69 Å². The van der Waals surface area contributed by atoms with Crippen LogP contribution in [0.25, 0.3) is 0 Å². The molecular weight excluding hydrogens is 438 g/mol. The Bertz CT molecular complexity index is 887. The third-order valence-corrected chi connectivity index (χ3v) is 6.49. The van der Waals surface area contributed by atoms with Crippen molar-refractivity contribution in [3.63, 3.8) is 0 Å². The molecule has 0 aromatic heterocycles. The smallest absolute Gasteiger partial charge is 0.257 e. The van der Waals surface area contributed by atoms with E-state index in [9.17, 15) is 14.4 Å². The lowest BCUT2D eigenvalue weighted by atomic mass is 10.0. The number of amides is 3. The number of nitrogens with one attached hydrogen (secondary N) is 1. The molecule has 3 rings (SSSR count). The van der Waals surface area contributed by atoms with Crippen LogP contribution < -0.4 is 10.1 Å². The SMILES string of the molecule is COCC(=O)Nc1ccc2c(c1)OC[C@@H](C)N(C(=O)CC1CC1)C[C@@H](C)[C@H](OC)CN(C)C2=O. The van der Waals surface area contributed by atoms with Crippen molar-refractivity contribution in [3.05, 3.63) is 23.8 Å². The van der Waals surface area contributed by atoms with Gasteiger partial charge in [-0.25, -0.2) is 0 Å². The summed E-state index contributed by atoms with van der Waals surface area (Å²) >= 11 is 0. The number of nitrogens with zero attached hydrogens (tertiary/aromatic N) is 2. The van der Waals surface area contributed by atoms with Crippen molar-refractivity contribution in [3.8, 4) is 5.75 Å². The van der Waals surface area contributed by atoms with E-state index in [0.29, 0.717) is 42.4 Å². The monoisotopic (exact) mass is 475 g/mol. The van der Waals surface area contributed by atoms with Gasteiger partial charge in [-0.05, 0) is 37.8 Å². The summed E-state index contributed by atoms with van der Waals surface area (Å²) in [6.45, 7) is 5.05. The molecule has 1 fully saturated rings. The molecule has 1 aromatic carbocycles. The first-order chi connectivity index (χ1) is 16.2. The normalized spacial score (nSPS) is 23.9. The third-order valence-electron chi connectivity index (χ3n) is 6.49. The first-order valence-corrected chi connectivity index (χ1v) is 11.9. The average molecular weight is 476 g/mol. The predicted molar refractivity (Wildman–Crippen MR) is 128 cm³/mol. The van der Waals surface area contributed by atoms with Crippen molar-refractivity contribution in [2.75, 3.05) is 52.9 Å². The average Bonchev–Trinajstić information content (AvgIpc) is 3.62. The van der Waals surface area contributed by atoms with Crippen LogP contribution in [-0.4, -0.2) is 87.2 Å². The molecule has 1 aromatic rings. The molecule has 3 atom stereocenters. The molecule has 3 amide bonds. The van der Waals surface area contributed by atoms with Crippen molar-refractivity contribution >= 4 is 23.4 Å². The van der Waals surface area contributed by atoms with Crippen molar-refractivity contribution < 1.29 is 28.6 Å². The minimum absolute atomic E-state index is 0.0307. The Morgan fingerprint density at radius 3 is 2.56 bits per heavy atom. The van der Waals surface area contributed by atoms with Gasteiger partial charge in [0.15, 0.2) is 0 Å². The minimum Gasteiger partial charge on any atom is -0.491 e. The second-order valence-corrected chi connectivity index (χ2v) is 9.48. The summed E-state index contributed by atoms with van der Waals surface area (Å²) in [6, 6.07) is 4.75. The van der Waals surface area contributed by atoms with Gasteiger partial charge in [-0.3, -0.25) is 14.4 Å². The fraction of sp³-hybridized carbons (Fsp3) is 0.640. The highest BCUT2D eigenvalue weighted by atomic mass is 16.5. The Hall–Kier alpha value is -2.65. The topological polar surface area (TPSA) is 97.4 Å². The van der Waals surface area contributed by atoms with Gasteiger partial charge in [-0.1, -0.05) is 6.92 Å². The lowest BCUT2D eigenvalue weighted by Gasteiger charge is -2.36. The number of anilines is 1. The summed E-state index contributed by atoms with van der Waals surface area (Å²) in [5.74, 6) is 0.496.